The second-order valence-electron chi connectivity index (χ2n) is 5.61. The number of halogens is 2. The first-order valence-corrected chi connectivity index (χ1v) is 9.51. The van der Waals surface area contributed by atoms with E-state index in [0.29, 0.717) is 0 Å². The lowest BCUT2D eigenvalue weighted by Gasteiger charge is -2.34. The summed E-state index contributed by atoms with van der Waals surface area (Å²) in [6.07, 6.45) is 0. The standard InChI is InChI=1S/C17H16ClFN2O3S/c18-14-6-2-4-8-16(14)25(23,24)21-11-9-20(10-12-21)17(22)13-5-1-3-7-15(13)19/h1-8H,9-12H2. The number of hydrogen-bond acceptors (Lipinski definition) is 3. The largest absolute Gasteiger partial charge is 0.336 e. The number of sulfonamides is 1. The van der Waals surface area contributed by atoms with Crippen LogP contribution in [0.3, 0.4) is 0 Å². The van der Waals surface area contributed by atoms with Crippen molar-refractivity contribution in [2.24, 2.45) is 0 Å². The van der Waals surface area contributed by atoms with E-state index >= 15 is 0 Å². The predicted molar refractivity (Wildman–Crippen MR) is 92.5 cm³/mol. The van der Waals surface area contributed by atoms with E-state index in [0.717, 1.165) is 0 Å². The van der Waals surface area contributed by atoms with Gasteiger partial charge in [0.2, 0.25) is 10.0 Å². The van der Waals surface area contributed by atoms with Gasteiger partial charge in [0.1, 0.15) is 10.7 Å². The zero-order chi connectivity index (χ0) is 18.0. The number of carbonyl (C=O) groups is 1. The van der Waals surface area contributed by atoms with Crippen molar-refractivity contribution < 1.29 is 17.6 Å². The van der Waals surface area contributed by atoms with Crippen molar-refractivity contribution in [2.75, 3.05) is 26.2 Å². The van der Waals surface area contributed by atoms with Gasteiger partial charge in [0.15, 0.2) is 0 Å². The van der Waals surface area contributed by atoms with Crippen LogP contribution in [0.25, 0.3) is 0 Å². The lowest BCUT2D eigenvalue weighted by atomic mass is 10.1. The molecular weight excluding hydrogens is 367 g/mol. The fraction of sp³-hybridized carbons (Fsp3) is 0.235. The summed E-state index contributed by atoms with van der Waals surface area (Å²) in [6, 6.07) is 12.0. The second-order valence-corrected chi connectivity index (χ2v) is 7.92. The average Bonchev–Trinajstić information content (AvgIpc) is 2.62. The molecular formula is C17H16ClFN2O3S. The summed E-state index contributed by atoms with van der Waals surface area (Å²) in [5.74, 6) is -1.02. The molecule has 0 saturated carbocycles. The van der Waals surface area contributed by atoms with Crippen LogP contribution >= 0.6 is 11.6 Å². The molecule has 1 fully saturated rings. The number of hydrogen-bond donors (Lipinski definition) is 0. The van der Waals surface area contributed by atoms with Crippen molar-refractivity contribution in [2.45, 2.75) is 4.90 Å². The van der Waals surface area contributed by atoms with E-state index in [1.807, 2.05) is 0 Å². The third kappa shape index (κ3) is 3.53. The van der Waals surface area contributed by atoms with Gasteiger partial charge in [-0.3, -0.25) is 4.79 Å². The van der Waals surface area contributed by atoms with Gasteiger partial charge < -0.3 is 4.90 Å². The van der Waals surface area contributed by atoms with Gasteiger partial charge in [-0.25, -0.2) is 12.8 Å². The van der Waals surface area contributed by atoms with E-state index in [2.05, 4.69) is 0 Å². The van der Waals surface area contributed by atoms with Crippen molar-refractivity contribution in [1.29, 1.82) is 0 Å². The molecule has 0 aromatic heterocycles. The van der Waals surface area contributed by atoms with Crippen molar-refractivity contribution in [3.63, 3.8) is 0 Å². The number of nitrogens with zero attached hydrogens (tertiary/aromatic N) is 2. The molecule has 2 aromatic rings. The average molecular weight is 383 g/mol. The van der Waals surface area contributed by atoms with Gasteiger partial charge in [-0.2, -0.15) is 4.31 Å². The Labute approximate surface area is 150 Å². The Morgan fingerprint density at radius 1 is 0.960 bits per heavy atom. The molecule has 0 bridgehead atoms. The molecule has 0 unspecified atom stereocenters. The third-order valence-corrected chi connectivity index (χ3v) is 6.48. The Hall–Kier alpha value is -1.96. The Bertz CT molecular complexity index is 896. The molecule has 0 atom stereocenters. The smallest absolute Gasteiger partial charge is 0.256 e. The molecule has 1 aliphatic heterocycles. The van der Waals surface area contributed by atoms with Crippen molar-refractivity contribution >= 4 is 27.5 Å². The summed E-state index contributed by atoms with van der Waals surface area (Å²) in [6.45, 7) is 0.648. The Morgan fingerprint density at radius 3 is 2.20 bits per heavy atom. The van der Waals surface area contributed by atoms with Gasteiger partial charge >= 0.3 is 0 Å². The number of piperazine rings is 1. The van der Waals surface area contributed by atoms with Crippen LogP contribution < -0.4 is 0 Å². The van der Waals surface area contributed by atoms with Gasteiger partial charge in [-0.1, -0.05) is 35.9 Å². The van der Waals surface area contributed by atoms with E-state index in [1.165, 1.54) is 39.5 Å². The Morgan fingerprint density at radius 2 is 1.56 bits per heavy atom. The molecule has 1 saturated heterocycles. The van der Waals surface area contributed by atoms with Crippen molar-refractivity contribution in [3.05, 3.63) is 64.9 Å². The predicted octanol–water partition coefficient (Wildman–Crippen LogP) is 2.63. The summed E-state index contributed by atoms with van der Waals surface area (Å²) in [4.78, 5) is 13.9. The van der Waals surface area contributed by atoms with E-state index in [9.17, 15) is 17.6 Å². The third-order valence-electron chi connectivity index (χ3n) is 4.08. The zero-order valence-corrected chi connectivity index (χ0v) is 14.8. The quantitative estimate of drug-likeness (QED) is 0.820. The van der Waals surface area contributed by atoms with E-state index in [-0.39, 0.29) is 41.7 Å². The van der Waals surface area contributed by atoms with E-state index in [4.69, 9.17) is 11.6 Å². The molecule has 0 aliphatic carbocycles. The van der Waals surface area contributed by atoms with Crippen LogP contribution in [0.1, 0.15) is 10.4 Å². The summed E-state index contributed by atoms with van der Waals surface area (Å²) in [5.41, 5.74) is -0.00934. The van der Waals surface area contributed by atoms with Gasteiger partial charge in [0.05, 0.1) is 10.6 Å². The number of benzene rings is 2. The number of amides is 1. The molecule has 25 heavy (non-hydrogen) atoms. The molecule has 5 nitrogen and oxygen atoms in total. The summed E-state index contributed by atoms with van der Waals surface area (Å²) in [7, 11) is -3.73. The van der Waals surface area contributed by atoms with Crippen molar-refractivity contribution in [3.8, 4) is 0 Å². The van der Waals surface area contributed by atoms with Crippen LogP contribution in [-0.2, 0) is 10.0 Å². The highest BCUT2D eigenvalue weighted by molar-refractivity contribution is 7.89. The van der Waals surface area contributed by atoms with Gasteiger partial charge in [-0.15, -0.1) is 0 Å². The van der Waals surface area contributed by atoms with Crippen LogP contribution in [0.15, 0.2) is 53.4 Å². The highest BCUT2D eigenvalue weighted by atomic mass is 35.5. The summed E-state index contributed by atoms with van der Waals surface area (Å²) in [5, 5.41) is 0.160. The minimum atomic E-state index is -3.73. The Balaban J connectivity index is 1.73. The Kier molecular flexibility index (Phi) is 5.08. The fourth-order valence-electron chi connectivity index (χ4n) is 2.73. The topological polar surface area (TPSA) is 57.7 Å². The molecule has 8 heteroatoms. The van der Waals surface area contributed by atoms with Crippen LogP contribution in [0, 0.1) is 5.82 Å². The van der Waals surface area contributed by atoms with Gasteiger partial charge in [-0.05, 0) is 24.3 Å². The molecule has 3 rings (SSSR count). The van der Waals surface area contributed by atoms with E-state index < -0.39 is 21.7 Å². The SMILES string of the molecule is O=C(c1ccccc1F)N1CCN(S(=O)(=O)c2ccccc2Cl)CC1. The maximum absolute atomic E-state index is 13.8. The zero-order valence-electron chi connectivity index (χ0n) is 13.2. The second kappa shape index (κ2) is 7.11. The van der Waals surface area contributed by atoms with Gasteiger partial charge in [0, 0.05) is 26.2 Å². The molecule has 0 radical (unpaired) electrons. The van der Waals surface area contributed by atoms with E-state index in [1.54, 1.807) is 18.2 Å². The molecule has 2 aromatic carbocycles. The molecule has 1 aliphatic rings. The van der Waals surface area contributed by atoms with Crippen LogP contribution in [0.5, 0.6) is 0 Å². The fourth-order valence-corrected chi connectivity index (χ4v) is 4.64. The maximum atomic E-state index is 13.8. The first-order chi connectivity index (χ1) is 11.9. The molecule has 0 spiro atoms. The first-order valence-electron chi connectivity index (χ1n) is 7.70. The summed E-state index contributed by atoms with van der Waals surface area (Å²) < 4.78 is 40.4. The minimum Gasteiger partial charge on any atom is -0.336 e. The van der Waals surface area contributed by atoms with Crippen molar-refractivity contribution in [1.82, 2.24) is 9.21 Å². The lowest BCUT2D eigenvalue weighted by Crippen LogP contribution is -2.50. The highest BCUT2D eigenvalue weighted by Gasteiger charge is 2.32. The molecule has 0 N–H and O–H groups in total. The number of carbonyl (C=O) groups excluding carboxylic acids is 1. The highest BCUT2D eigenvalue weighted by Crippen LogP contribution is 2.25. The van der Waals surface area contributed by atoms with Crippen LogP contribution in [0.4, 0.5) is 4.39 Å². The van der Waals surface area contributed by atoms with Crippen LogP contribution in [0.2, 0.25) is 5.02 Å². The maximum Gasteiger partial charge on any atom is 0.256 e. The minimum absolute atomic E-state index is 0.00934. The first kappa shape index (κ1) is 17.8. The normalized spacial score (nSPS) is 16.0. The number of rotatable bonds is 3. The van der Waals surface area contributed by atoms with Crippen LogP contribution in [-0.4, -0.2) is 49.7 Å². The summed E-state index contributed by atoms with van der Waals surface area (Å²) >= 11 is 5.99. The lowest BCUT2D eigenvalue weighted by molar-refractivity contribution is 0.0693. The van der Waals surface area contributed by atoms with Gasteiger partial charge in [0.25, 0.3) is 5.91 Å². The molecule has 1 amide bonds. The molecule has 1 heterocycles. The monoisotopic (exact) mass is 382 g/mol. The molecule has 132 valence electrons.